The molecule has 3 heterocycles. The van der Waals surface area contributed by atoms with Crippen LogP contribution >= 0.6 is 0 Å². The van der Waals surface area contributed by atoms with Crippen molar-refractivity contribution in [1.29, 1.82) is 0 Å². The fraction of sp³-hybridized carbons (Fsp3) is 0.250. The van der Waals surface area contributed by atoms with Gasteiger partial charge < -0.3 is 14.9 Å². The number of hydrogen-bond acceptors (Lipinski definition) is 5. The molecule has 2 aliphatic rings. The standard InChI is InChI=1S/C20H19N3O4/c1-12-9-18(24)16(20(25)26)11-21-6-3-13-14-4-8-27-19(14)17(10-15(12)13)23-7-2-5-22-23/h2,5,7,9-11,24H,3-4,6,8H2,1H3,(H,25,26)/b12-9+,18-16?,21-11?. The first kappa shape index (κ1) is 17.1. The van der Waals surface area contributed by atoms with Crippen molar-refractivity contribution in [2.24, 2.45) is 4.99 Å². The number of aliphatic hydroxyl groups excluding tert-OH is 1. The molecule has 0 unspecified atom stereocenters. The number of aromatic nitrogens is 2. The summed E-state index contributed by atoms with van der Waals surface area (Å²) in [6.07, 6.45) is 7.73. The Kier molecular flexibility index (Phi) is 4.27. The second kappa shape index (κ2) is 6.75. The lowest BCUT2D eigenvalue weighted by Gasteiger charge is -2.18. The quantitative estimate of drug-likeness (QED) is 0.853. The highest BCUT2D eigenvalue weighted by Gasteiger charge is 2.25. The van der Waals surface area contributed by atoms with Gasteiger partial charge in [0.2, 0.25) is 0 Å². The predicted octanol–water partition coefficient (Wildman–Crippen LogP) is 2.73. The smallest absolute Gasteiger partial charge is 0.341 e. The molecule has 2 aromatic rings. The lowest BCUT2D eigenvalue weighted by molar-refractivity contribution is -0.132. The van der Waals surface area contributed by atoms with Crippen molar-refractivity contribution in [3.05, 3.63) is 58.6 Å². The minimum atomic E-state index is -1.21. The largest absolute Gasteiger partial charge is 0.507 e. The number of hydrogen-bond donors (Lipinski definition) is 2. The highest BCUT2D eigenvalue weighted by Crippen LogP contribution is 2.39. The lowest BCUT2D eigenvalue weighted by atomic mass is 9.90. The van der Waals surface area contributed by atoms with Gasteiger partial charge in [0, 0.05) is 37.1 Å². The van der Waals surface area contributed by atoms with Gasteiger partial charge in [0.15, 0.2) is 0 Å². The summed E-state index contributed by atoms with van der Waals surface area (Å²) in [5.41, 5.74) is 4.59. The summed E-state index contributed by atoms with van der Waals surface area (Å²) in [5, 5.41) is 23.9. The molecule has 1 aromatic carbocycles. The molecule has 2 N–H and O–H groups in total. The molecule has 0 atom stereocenters. The molecule has 7 nitrogen and oxygen atoms in total. The van der Waals surface area contributed by atoms with Gasteiger partial charge in [0.05, 0.1) is 6.61 Å². The van der Waals surface area contributed by atoms with Gasteiger partial charge in [0.25, 0.3) is 0 Å². The number of rotatable bonds is 2. The van der Waals surface area contributed by atoms with Crippen LogP contribution in [0.1, 0.15) is 23.6 Å². The highest BCUT2D eigenvalue weighted by atomic mass is 16.5. The SMILES string of the molecule is C/C1=C\C(O)=C(C(=O)O)C=NCCc2c1cc(-n1cccn1)c1c2CCO1. The number of nitrogens with zero attached hydrogens (tertiary/aromatic N) is 3. The van der Waals surface area contributed by atoms with E-state index in [-0.39, 0.29) is 11.3 Å². The Labute approximate surface area is 155 Å². The van der Waals surface area contributed by atoms with E-state index in [0.717, 1.165) is 40.1 Å². The molecular formula is C20H19N3O4. The third kappa shape index (κ3) is 3.01. The van der Waals surface area contributed by atoms with Gasteiger partial charge >= 0.3 is 5.97 Å². The van der Waals surface area contributed by atoms with Gasteiger partial charge in [-0.05, 0) is 48.3 Å². The zero-order valence-electron chi connectivity index (χ0n) is 14.8. The highest BCUT2D eigenvalue weighted by molar-refractivity contribution is 6.09. The van der Waals surface area contributed by atoms with Crippen molar-refractivity contribution in [3.8, 4) is 11.4 Å². The van der Waals surface area contributed by atoms with Gasteiger partial charge in [-0.3, -0.25) is 4.99 Å². The molecule has 0 saturated carbocycles. The number of carbonyl (C=O) groups is 1. The molecule has 0 saturated heterocycles. The molecule has 0 radical (unpaired) electrons. The van der Waals surface area contributed by atoms with Crippen molar-refractivity contribution in [1.82, 2.24) is 9.78 Å². The summed E-state index contributed by atoms with van der Waals surface area (Å²) in [4.78, 5) is 15.6. The van der Waals surface area contributed by atoms with Crippen molar-refractivity contribution in [2.75, 3.05) is 13.2 Å². The molecule has 0 spiro atoms. The summed E-state index contributed by atoms with van der Waals surface area (Å²) >= 11 is 0. The summed E-state index contributed by atoms with van der Waals surface area (Å²) in [7, 11) is 0. The van der Waals surface area contributed by atoms with E-state index < -0.39 is 5.97 Å². The maximum absolute atomic E-state index is 11.4. The zero-order valence-corrected chi connectivity index (χ0v) is 14.8. The summed E-state index contributed by atoms with van der Waals surface area (Å²) in [6, 6.07) is 3.83. The number of aliphatic imine (C=N–C) groups is 1. The van der Waals surface area contributed by atoms with E-state index >= 15 is 0 Å². The van der Waals surface area contributed by atoms with Crippen molar-refractivity contribution in [2.45, 2.75) is 19.8 Å². The molecule has 0 aliphatic carbocycles. The van der Waals surface area contributed by atoms with E-state index in [0.29, 0.717) is 19.6 Å². The number of ether oxygens (including phenoxy) is 1. The van der Waals surface area contributed by atoms with Crippen LogP contribution in [0, 0.1) is 0 Å². The monoisotopic (exact) mass is 365 g/mol. The molecule has 0 amide bonds. The lowest BCUT2D eigenvalue weighted by Crippen LogP contribution is -2.09. The first-order valence-electron chi connectivity index (χ1n) is 8.73. The Hall–Kier alpha value is -3.35. The Balaban J connectivity index is 1.95. The Morgan fingerprint density at radius 2 is 2.15 bits per heavy atom. The minimum absolute atomic E-state index is 0.213. The van der Waals surface area contributed by atoms with E-state index in [1.807, 2.05) is 25.3 Å². The molecule has 27 heavy (non-hydrogen) atoms. The maximum Gasteiger partial charge on any atom is 0.341 e. The number of fused-ring (bicyclic) bond motifs is 3. The molecule has 7 heteroatoms. The maximum atomic E-state index is 11.4. The van der Waals surface area contributed by atoms with E-state index in [1.54, 1.807) is 10.9 Å². The molecule has 138 valence electrons. The van der Waals surface area contributed by atoms with Crippen LogP contribution in [0.4, 0.5) is 0 Å². The summed E-state index contributed by atoms with van der Waals surface area (Å²) in [6.45, 7) is 2.90. The van der Waals surface area contributed by atoms with Crippen molar-refractivity contribution < 1.29 is 19.7 Å². The average Bonchev–Trinajstić information content (AvgIpc) is 3.32. The van der Waals surface area contributed by atoms with Crippen LogP contribution in [0.25, 0.3) is 11.3 Å². The second-order valence-corrected chi connectivity index (χ2v) is 6.50. The van der Waals surface area contributed by atoms with Crippen LogP contribution in [0.3, 0.4) is 0 Å². The Morgan fingerprint density at radius 3 is 2.89 bits per heavy atom. The van der Waals surface area contributed by atoms with E-state index in [4.69, 9.17) is 4.74 Å². The molecule has 4 rings (SSSR count). The van der Waals surface area contributed by atoms with Crippen LogP contribution in [-0.2, 0) is 17.6 Å². The van der Waals surface area contributed by atoms with Crippen LogP contribution < -0.4 is 4.74 Å². The number of benzene rings is 1. The number of aliphatic carboxylic acids is 1. The summed E-state index contributed by atoms with van der Waals surface area (Å²) < 4.78 is 7.65. The van der Waals surface area contributed by atoms with Gasteiger partial charge in [0.1, 0.15) is 22.8 Å². The van der Waals surface area contributed by atoms with Gasteiger partial charge in [-0.15, -0.1) is 0 Å². The van der Waals surface area contributed by atoms with E-state index in [9.17, 15) is 15.0 Å². The number of carboxylic acids is 1. The van der Waals surface area contributed by atoms with Gasteiger partial charge in [-0.1, -0.05) is 0 Å². The number of carboxylic acid groups (broad SMARTS) is 1. The number of aliphatic hydroxyl groups is 1. The number of allylic oxidation sites excluding steroid dienone is 2. The molecule has 0 fully saturated rings. The molecule has 2 aliphatic heterocycles. The fourth-order valence-corrected chi connectivity index (χ4v) is 3.57. The Morgan fingerprint density at radius 1 is 1.30 bits per heavy atom. The van der Waals surface area contributed by atoms with Crippen LogP contribution in [0.2, 0.25) is 0 Å². The van der Waals surface area contributed by atoms with E-state index in [2.05, 4.69) is 10.1 Å². The average molecular weight is 365 g/mol. The second-order valence-electron chi connectivity index (χ2n) is 6.50. The Bertz CT molecular complexity index is 1000. The zero-order chi connectivity index (χ0) is 19.0. The molecule has 1 aromatic heterocycles. The summed E-state index contributed by atoms with van der Waals surface area (Å²) in [5.74, 6) is -0.688. The first-order chi connectivity index (χ1) is 13.1. The van der Waals surface area contributed by atoms with Crippen LogP contribution in [0.15, 0.2) is 46.9 Å². The van der Waals surface area contributed by atoms with Crippen LogP contribution in [-0.4, -0.2) is 45.3 Å². The fourth-order valence-electron chi connectivity index (χ4n) is 3.57. The predicted molar refractivity (Wildman–Crippen MR) is 101 cm³/mol. The van der Waals surface area contributed by atoms with Gasteiger partial charge in [-0.25, -0.2) is 9.48 Å². The topological polar surface area (TPSA) is 96.9 Å². The third-order valence-electron chi connectivity index (χ3n) is 4.82. The normalized spacial score (nSPS) is 18.3. The van der Waals surface area contributed by atoms with Crippen molar-refractivity contribution in [3.63, 3.8) is 0 Å². The minimum Gasteiger partial charge on any atom is -0.507 e. The molecular weight excluding hydrogens is 346 g/mol. The van der Waals surface area contributed by atoms with Crippen molar-refractivity contribution >= 4 is 17.8 Å². The first-order valence-corrected chi connectivity index (χ1v) is 8.73. The van der Waals surface area contributed by atoms with Crippen LogP contribution in [0.5, 0.6) is 5.75 Å². The molecule has 0 bridgehead atoms. The van der Waals surface area contributed by atoms with E-state index in [1.165, 1.54) is 12.3 Å². The van der Waals surface area contributed by atoms with Gasteiger partial charge in [-0.2, -0.15) is 5.10 Å². The third-order valence-corrected chi connectivity index (χ3v) is 4.82.